The number of carbonyl (C=O) groups is 1. The SMILES string of the molecule is CC/C=C\C/C=C\C/C=C\C/C=C\CCCCC(=O)OC(CO)COCCCCCCCCCC. The van der Waals surface area contributed by atoms with Crippen LogP contribution in [0.1, 0.15) is 117 Å². The van der Waals surface area contributed by atoms with E-state index >= 15 is 0 Å². The largest absolute Gasteiger partial charge is 0.457 e. The van der Waals surface area contributed by atoms with Crippen LogP contribution in [0.25, 0.3) is 0 Å². The number of ether oxygens (including phenoxy) is 2. The number of allylic oxidation sites excluding steroid dienone is 8. The molecule has 4 heteroatoms. The Balaban J connectivity index is 3.61. The summed E-state index contributed by atoms with van der Waals surface area (Å²) in [6.07, 6.45) is 34.2. The van der Waals surface area contributed by atoms with Crippen LogP contribution in [-0.2, 0) is 14.3 Å². The van der Waals surface area contributed by atoms with Crippen molar-refractivity contribution in [3.8, 4) is 0 Å². The molecule has 0 spiro atoms. The summed E-state index contributed by atoms with van der Waals surface area (Å²) in [4.78, 5) is 12.0. The zero-order chi connectivity index (χ0) is 25.7. The maximum atomic E-state index is 12.0. The Bertz CT molecular complexity index is 562. The van der Waals surface area contributed by atoms with Crippen molar-refractivity contribution in [2.75, 3.05) is 19.8 Å². The van der Waals surface area contributed by atoms with Crippen LogP contribution in [0.3, 0.4) is 0 Å². The molecule has 35 heavy (non-hydrogen) atoms. The molecule has 202 valence electrons. The zero-order valence-electron chi connectivity index (χ0n) is 22.8. The molecular weight excluding hydrogens is 436 g/mol. The third kappa shape index (κ3) is 26.8. The Morgan fingerprint density at radius 3 is 1.89 bits per heavy atom. The first kappa shape index (κ1) is 33.4. The second kappa shape index (κ2) is 28.6. The Labute approximate surface area is 216 Å². The number of aliphatic hydroxyl groups excluding tert-OH is 1. The molecule has 0 rings (SSSR count). The molecule has 1 unspecified atom stereocenters. The maximum Gasteiger partial charge on any atom is 0.306 e. The van der Waals surface area contributed by atoms with Crippen molar-refractivity contribution in [2.45, 2.75) is 123 Å². The number of hydrogen-bond acceptors (Lipinski definition) is 4. The van der Waals surface area contributed by atoms with Crippen molar-refractivity contribution < 1.29 is 19.4 Å². The summed E-state index contributed by atoms with van der Waals surface area (Å²) in [5.41, 5.74) is 0. The normalized spacial score (nSPS) is 13.1. The third-order valence-electron chi connectivity index (χ3n) is 5.67. The maximum absolute atomic E-state index is 12.0. The number of hydrogen-bond donors (Lipinski definition) is 1. The van der Waals surface area contributed by atoms with Crippen molar-refractivity contribution in [3.05, 3.63) is 48.6 Å². The first-order valence-corrected chi connectivity index (χ1v) is 14.2. The molecule has 0 heterocycles. The van der Waals surface area contributed by atoms with Crippen LogP contribution in [0.2, 0.25) is 0 Å². The van der Waals surface area contributed by atoms with Gasteiger partial charge < -0.3 is 14.6 Å². The van der Waals surface area contributed by atoms with Gasteiger partial charge in [0.1, 0.15) is 6.10 Å². The van der Waals surface area contributed by atoms with Gasteiger partial charge >= 0.3 is 5.97 Å². The van der Waals surface area contributed by atoms with Gasteiger partial charge in [-0.3, -0.25) is 4.79 Å². The number of carbonyl (C=O) groups excluding carboxylic acids is 1. The summed E-state index contributed by atoms with van der Waals surface area (Å²) >= 11 is 0. The van der Waals surface area contributed by atoms with Gasteiger partial charge in [-0.25, -0.2) is 0 Å². The van der Waals surface area contributed by atoms with Crippen molar-refractivity contribution in [1.29, 1.82) is 0 Å². The molecule has 0 aliphatic carbocycles. The zero-order valence-corrected chi connectivity index (χ0v) is 22.8. The van der Waals surface area contributed by atoms with Gasteiger partial charge in [-0.2, -0.15) is 0 Å². The summed E-state index contributed by atoms with van der Waals surface area (Å²) in [5.74, 6) is -0.245. The summed E-state index contributed by atoms with van der Waals surface area (Å²) < 4.78 is 11.0. The number of esters is 1. The predicted molar refractivity (Wildman–Crippen MR) is 150 cm³/mol. The van der Waals surface area contributed by atoms with Gasteiger partial charge in [-0.05, 0) is 51.4 Å². The van der Waals surface area contributed by atoms with Crippen LogP contribution in [-0.4, -0.2) is 37.0 Å². The summed E-state index contributed by atoms with van der Waals surface area (Å²) in [6, 6.07) is 0. The monoisotopic (exact) mass is 490 g/mol. The summed E-state index contributed by atoms with van der Waals surface area (Å²) in [6.45, 7) is 5.14. The highest BCUT2D eigenvalue weighted by atomic mass is 16.6. The molecule has 0 bridgehead atoms. The molecule has 0 aromatic rings. The fourth-order valence-corrected chi connectivity index (χ4v) is 3.55. The number of aliphatic hydroxyl groups is 1. The lowest BCUT2D eigenvalue weighted by Gasteiger charge is -2.15. The smallest absolute Gasteiger partial charge is 0.306 e. The molecule has 1 atom stereocenters. The number of unbranched alkanes of at least 4 members (excludes halogenated alkanes) is 9. The van der Waals surface area contributed by atoms with E-state index in [1.807, 2.05) is 0 Å². The van der Waals surface area contributed by atoms with E-state index in [-0.39, 0.29) is 19.2 Å². The minimum absolute atomic E-state index is 0.189. The number of rotatable bonds is 25. The van der Waals surface area contributed by atoms with Crippen molar-refractivity contribution >= 4 is 5.97 Å². The second-order valence-corrected chi connectivity index (χ2v) is 9.09. The van der Waals surface area contributed by atoms with Gasteiger partial charge in [-0.15, -0.1) is 0 Å². The standard InChI is InChI=1S/C31H54O4/c1-3-5-7-9-11-13-14-15-16-17-18-19-20-22-24-26-31(33)35-30(28-32)29-34-27-25-23-21-12-10-8-6-4-2/h5,7,11,13,15-16,18-19,30,32H,3-4,6,8-10,12,14,17,20-29H2,1-2H3/b7-5-,13-11-,16-15-,19-18-. The van der Waals surface area contributed by atoms with Crippen LogP contribution < -0.4 is 0 Å². The molecule has 0 aliphatic rings. The fraction of sp³-hybridized carbons (Fsp3) is 0.710. The highest BCUT2D eigenvalue weighted by Crippen LogP contribution is 2.09. The van der Waals surface area contributed by atoms with Gasteiger partial charge in [0.15, 0.2) is 0 Å². The fourth-order valence-electron chi connectivity index (χ4n) is 3.55. The molecule has 0 aromatic carbocycles. The topological polar surface area (TPSA) is 55.8 Å². The van der Waals surface area contributed by atoms with E-state index in [1.54, 1.807) is 0 Å². The quantitative estimate of drug-likeness (QED) is 0.0792. The molecule has 0 radical (unpaired) electrons. The van der Waals surface area contributed by atoms with E-state index in [1.165, 1.54) is 44.9 Å². The van der Waals surface area contributed by atoms with Gasteiger partial charge in [0.05, 0.1) is 13.2 Å². The Kier molecular flexibility index (Phi) is 27.2. The molecule has 0 fully saturated rings. The lowest BCUT2D eigenvalue weighted by atomic mass is 10.1. The third-order valence-corrected chi connectivity index (χ3v) is 5.67. The van der Waals surface area contributed by atoms with Crippen LogP contribution in [0.5, 0.6) is 0 Å². The average Bonchev–Trinajstić information content (AvgIpc) is 2.86. The molecule has 0 aromatic heterocycles. The van der Waals surface area contributed by atoms with Crippen LogP contribution in [0.15, 0.2) is 48.6 Å². The Morgan fingerprint density at radius 1 is 0.714 bits per heavy atom. The Hall–Kier alpha value is -1.65. The van der Waals surface area contributed by atoms with E-state index in [0.717, 1.165) is 51.4 Å². The molecule has 4 nitrogen and oxygen atoms in total. The first-order valence-electron chi connectivity index (χ1n) is 14.2. The Morgan fingerprint density at radius 2 is 1.29 bits per heavy atom. The lowest BCUT2D eigenvalue weighted by Crippen LogP contribution is -2.27. The van der Waals surface area contributed by atoms with Gasteiger partial charge in [0.25, 0.3) is 0 Å². The molecule has 1 N–H and O–H groups in total. The molecule has 0 saturated heterocycles. The molecular formula is C31H54O4. The predicted octanol–water partition coefficient (Wildman–Crippen LogP) is 8.41. The van der Waals surface area contributed by atoms with E-state index in [9.17, 15) is 9.90 Å². The second-order valence-electron chi connectivity index (χ2n) is 9.09. The highest BCUT2D eigenvalue weighted by Gasteiger charge is 2.13. The minimum Gasteiger partial charge on any atom is -0.457 e. The minimum atomic E-state index is -0.550. The summed E-state index contributed by atoms with van der Waals surface area (Å²) in [7, 11) is 0. The lowest BCUT2D eigenvalue weighted by molar-refractivity contribution is -0.154. The molecule has 0 saturated carbocycles. The van der Waals surface area contributed by atoms with E-state index in [2.05, 4.69) is 62.5 Å². The van der Waals surface area contributed by atoms with Crippen LogP contribution in [0, 0.1) is 0 Å². The van der Waals surface area contributed by atoms with E-state index in [4.69, 9.17) is 9.47 Å². The van der Waals surface area contributed by atoms with Gasteiger partial charge in [0, 0.05) is 13.0 Å². The average molecular weight is 491 g/mol. The van der Waals surface area contributed by atoms with Crippen LogP contribution >= 0.6 is 0 Å². The molecule has 0 aliphatic heterocycles. The van der Waals surface area contributed by atoms with Crippen LogP contribution in [0.4, 0.5) is 0 Å². The highest BCUT2D eigenvalue weighted by molar-refractivity contribution is 5.69. The van der Waals surface area contributed by atoms with E-state index < -0.39 is 6.10 Å². The van der Waals surface area contributed by atoms with Crippen molar-refractivity contribution in [3.63, 3.8) is 0 Å². The van der Waals surface area contributed by atoms with Gasteiger partial charge in [0.2, 0.25) is 0 Å². The van der Waals surface area contributed by atoms with Crippen molar-refractivity contribution in [1.82, 2.24) is 0 Å². The summed E-state index contributed by atoms with van der Waals surface area (Å²) in [5, 5.41) is 9.44. The van der Waals surface area contributed by atoms with Gasteiger partial charge in [-0.1, -0.05) is 107 Å². The van der Waals surface area contributed by atoms with E-state index in [0.29, 0.717) is 13.0 Å². The van der Waals surface area contributed by atoms with Crippen molar-refractivity contribution in [2.24, 2.45) is 0 Å². The molecule has 0 amide bonds. The first-order chi connectivity index (χ1) is 17.2.